The molecule has 0 amide bonds. The number of rotatable bonds is 12. The summed E-state index contributed by atoms with van der Waals surface area (Å²) in [5, 5.41) is 0. The summed E-state index contributed by atoms with van der Waals surface area (Å²) in [4.78, 5) is 0. The lowest BCUT2D eigenvalue weighted by atomic mass is 9.86. The quantitative estimate of drug-likeness (QED) is 0.183. The molecule has 0 saturated heterocycles. The average Bonchev–Trinajstić information content (AvgIpc) is 2.88. The first-order chi connectivity index (χ1) is 21.0. The lowest BCUT2D eigenvalue weighted by molar-refractivity contribution is 0.576. The topological polar surface area (TPSA) is 0 Å². The summed E-state index contributed by atoms with van der Waals surface area (Å²) in [6.45, 7) is 1.76. The zero-order valence-electron chi connectivity index (χ0n) is 22.4. The molecular weight excluding hydrogens is 1220 g/mol. The van der Waals surface area contributed by atoms with Crippen molar-refractivity contribution < 1.29 is 0 Å². The second-order valence-corrected chi connectivity index (χ2v) is 28.4. The highest BCUT2D eigenvalue weighted by Gasteiger charge is 2.73. The SMILES string of the molecule is CCC[CH]c1c(C(Cl)(Cl)C(Cl)(Cl)C(Cl)(Cl)C(Cl)(Cl)Cl)cc(C(Cl)(Cl)C(Cl)(Cl)C(Cl)(Cl)C(Cl)(Cl)Cl)cc1C(Cl)(Cl)C(Cl)(Cl)C(Cl)(Cl)C(Cl)(Cl)Cl. The number of hydrogen-bond acceptors (Lipinski definition) is 0. The van der Waals surface area contributed by atoms with Crippen LogP contribution in [0.2, 0.25) is 0 Å². The molecule has 1 radical (unpaired) electrons. The predicted octanol–water partition coefficient (Wildman–Crippen LogP) is 19.1. The van der Waals surface area contributed by atoms with E-state index in [1.54, 1.807) is 6.92 Å². The van der Waals surface area contributed by atoms with Gasteiger partial charge in [0.05, 0.1) is 0 Å². The molecule has 27 heteroatoms. The fourth-order valence-corrected chi connectivity index (χ4v) is 10.3. The van der Waals surface area contributed by atoms with Gasteiger partial charge in [0.2, 0.25) is 24.4 Å². The van der Waals surface area contributed by atoms with Crippen LogP contribution in [0.1, 0.15) is 42.0 Å². The van der Waals surface area contributed by atoms with Crippen molar-refractivity contribution >= 4 is 313 Å². The third-order valence-corrected chi connectivity index (χ3v) is 22.7. The van der Waals surface area contributed by atoms with Crippen molar-refractivity contribution in [1.29, 1.82) is 0 Å². The van der Waals surface area contributed by atoms with E-state index < -0.39 is 67.1 Å². The molecule has 1 rings (SSSR count). The zero-order valence-corrected chi connectivity index (χ0v) is 42.8. The maximum Gasteiger partial charge on any atom is 0.226 e. The minimum Gasteiger partial charge on any atom is -0.0943 e. The standard InChI is InChI=1S/C22H10Cl27/c1-2-3-4-8-9(12(25,26)15(31,32)18(37,38)21(44,45)46)5-7(11(23,24)14(29,30)17(35,36)20(41,42)43)6-10(8)13(27,28)16(33,34)19(39,40)22(47,48)49/h4-6H,2-3H2,1H3. The van der Waals surface area contributed by atoms with Crippen molar-refractivity contribution in [3.8, 4) is 0 Å². The van der Waals surface area contributed by atoms with Gasteiger partial charge in [0.1, 0.15) is 0 Å². The van der Waals surface area contributed by atoms with Gasteiger partial charge < -0.3 is 0 Å². The fraction of sp³-hybridized carbons (Fsp3) is 0.682. The zero-order chi connectivity index (χ0) is 39.8. The van der Waals surface area contributed by atoms with E-state index in [0.717, 1.165) is 12.1 Å². The van der Waals surface area contributed by atoms with Crippen LogP contribution >= 0.6 is 313 Å². The molecule has 0 heterocycles. The van der Waals surface area contributed by atoms with Gasteiger partial charge in [-0.2, -0.15) is 0 Å². The maximum absolute atomic E-state index is 6.93. The van der Waals surface area contributed by atoms with Crippen LogP contribution in [-0.4, -0.2) is 37.4 Å². The molecule has 49 heavy (non-hydrogen) atoms. The third-order valence-electron chi connectivity index (χ3n) is 6.29. The second kappa shape index (κ2) is 17.4. The van der Waals surface area contributed by atoms with Crippen LogP contribution < -0.4 is 0 Å². The smallest absolute Gasteiger partial charge is 0.0943 e. The lowest BCUT2D eigenvalue weighted by Crippen LogP contribution is -2.57. The van der Waals surface area contributed by atoms with Crippen LogP contribution in [0.25, 0.3) is 0 Å². The first-order valence-corrected chi connectivity index (χ1v) is 21.9. The average molecular weight is 1230 g/mol. The highest BCUT2D eigenvalue weighted by Crippen LogP contribution is 2.70. The van der Waals surface area contributed by atoms with Crippen molar-refractivity contribution in [2.75, 3.05) is 0 Å². The molecule has 0 fully saturated rings. The van der Waals surface area contributed by atoms with Crippen LogP contribution in [0.15, 0.2) is 12.1 Å². The number of unbranched alkanes of at least 4 members (excludes halogenated alkanes) is 1. The van der Waals surface area contributed by atoms with Gasteiger partial charge in [0, 0.05) is 0 Å². The molecule has 0 unspecified atom stereocenters. The van der Waals surface area contributed by atoms with Gasteiger partial charge in [-0.1, -0.05) is 327 Å². The lowest BCUT2D eigenvalue weighted by Gasteiger charge is -2.48. The van der Waals surface area contributed by atoms with Gasteiger partial charge in [-0.05, 0) is 47.2 Å². The molecule has 1 aromatic rings. The van der Waals surface area contributed by atoms with Crippen LogP contribution in [0, 0.1) is 6.42 Å². The first-order valence-electron chi connectivity index (χ1n) is 11.7. The van der Waals surface area contributed by atoms with Gasteiger partial charge in [-0.25, -0.2) is 0 Å². The summed E-state index contributed by atoms with van der Waals surface area (Å²) in [5.41, 5.74) is -1.71. The number of alkyl halides is 27. The van der Waals surface area contributed by atoms with Crippen LogP contribution in [0.4, 0.5) is 0 Å². The highest BCUT2D eigenvalue weighted by atomic mass is 35.6. The van der Waals surface area contributed by atoms with Crippen molar-refractivity contribution in [3.63, 3.8) is 0 Å². The number of benzene rings is 1. The minimum absolute atomic E-state index is 0.179. The van der Waals surface area contributed by atoms with E-state index in [0.29, 0.717) is 6.42 Å². The van der Waals surface area contributed by atoms with Gasteiger partial charge >= 0.3 is 0 Å². The van der Waals surface area contributed by atoms with E-state index >= 15 is 0 Å². The molecule has 0 N–H and O–H groups in total. The normalized spacial score (nSPS) is 16.0. The molecule has 0 spiro atoms. The van der Waals surface area contributed by atoms with Crippen LogP contribution in [-0.2, 0) is 13.0 Å². The molecule has 1 aromatic carbocycles. The fourth-order valence-electron chi connectivity index (χ4n) is 3.51. The van der Waals surface area contributed by atoms with E-state index in [1.807, 2.05) is 0 Å². The Morgan fingerprint density at radius 2 is 0.633 bits per heavy atom. The third kappa shape index (κ3) is 9.75. The van der Waals surface area contributed by atoms with Gasteiger partial charge in [-0.3, -0.25) is 0 Å². The Bertz CT molecular complexity index is 1270. The maximum atomic E-state index is 6.93. The molecule has 0 aliphatic carbocycles. The number of halogens is 27. The van der Waals surface area contributed by atoms with Crippen LogP contribution in [0.5, 0.6) is 0 Å². The minimum atomic E-state index is -2.94. The molecule has 0 aliphatic heterocycles. The van der Waals surface area contributed by atoms with Crippen molar-refractivity contribution in [2.45, 2.75) is 70.1 Å². The first kappa shape index (κ1) is 54.1. The summed E-state index contributed by atoms with van der Waals surface area (Å²) in [6.07, 6.45) is 2.04. The van der Waals surface area contributed by atoms with Crippen LogP contribution in [0.3, 0.4) is 0 Å². The Balaban J connectivity index is 4.77. The molecule has 287 valence electrons. The van der Waals surface area contributed by atoms with E-state index in [9.17, 15) is 0 Å². The van der Waals surface area contributed by atoms with E-state index in [-0.39, 0.29) is 12.0 Å². The Labute approximate surface area is 417 Å². The molecular formula is C22H10Cl27. The van der Waals surface area contributed by atoms with E-state index in [1.165, 1.54) is 6.42 Å². The van der Waals surface area contributed by atoms with Gasteiger partial charge in [0.15, 0.2) is 26.0 Å². The van der Waals surface area contributed by atoms with Gasteiger partial charge in [0.25, 0.3) is 0 Å². The van der Waals surface area contributed by atoms with E-state index in [2.05, 4.69) is 0 Å². The predicted molar refractivity (Wildman–Crippen MR) is 232 cm³/mol. The van der Waals surface area contributed by atoms with Crippen molar-refractivity contribution in [3.05, 3.63) is 40.8 Å². The summed E-state index contributed by atoms with van der Waals surface area (Å²) in [6, 6.07) is 1.98. The number of hydrogen-bond donors (Lipinski definition) is 0. The van der Waals surface area contributed by atoms with Gasteiger partial charge in [-0.15, -0.1) is 0 Å². The summed E-state index contributed by atoms with van der Waals surface area (Å²) in [7, 11) is 0. The molecule has 0 bridgehead atoms. The molecule has 0 atom stereocenters. The van der Waals surface area contributed by atoms with E-state index in [4.69, 9.17) is 313 Å². The largest absolute Gasteiger partial charge is 0.226 e. The summed E-state index contributed by atoms with van der Waals surface area (Å²) < 4.78 is -34.0. The Morgan fingerprint density at radius 3 is 0.857 bits per heavy atom. The Kier molecular flexibility index (Phi) is 19.2. The molecule has 0 aliphatic rings. The molecule has 0 saturated carbocycles. The Hall–Kier alpha value is 7.05. The molecule has 0 nitrogen and oxygen atoms in total. The Morgan fingerprint density at radius 1 is 0.388 bits per heavy atom. The van der Waals surface area contributed by atoms with Crippen molar-refractivity contribution in [2.24, 2.45) is 0 Å². The molecule has 0 aromatic heterocycles. The second-order valence-electron chi connectivity index (χ2n) is 9.64. The summed E-state index contributed by atoms with van der Waals surface area (Å²) in [5.74, 6) is 0. The monoisotopic (exact) mass is 1220 g/mol. The van der Waals surface area contributed by atoms with Crippen molar-refractivity contribution in [1.82, 2.24) is 0 Å². The highest BCUT2D eigenvalue weighted by molar-refractivity contribution is 6.82. The summed E-state index contributed by atoms with van der Waals surface area (Å²) >= 11 is 174.